The second-order valence-electron chi connectivity index (χ2n) is 6.70. The lowest BCUT2D eigenvalue weighted by Gasteiger charge is -2.42. The zero-order valence-corrected chi connectivity index (χ0v) is 14.3. The van der Waals surface area contributed by atoms with Crippen LogP contribution in [0.15, 0.2) is 0 Å². The van der Waals surface area contributed by atoms with Crippen LogP contribution in [0, 0.1) is 5.92 Å². The molecule has 4 nitrogen and oxygen atoms in total. The van der Waals surface area contributed by atoms with Gasteiger partial charge in [-0.05, 0) is 32.6 Å². The number of carbonyl (C=O) groups is 1. The number of esters is 1. The van der Waals surface area contributed by atoms with Gasteiger partial charge in [-0.1, -0.05) is 13.8 Å². The van der Waals surface area contributed by atoms with E-state index in [1.165, 1.54) is 0 Å². The lowest BCUT2D eigenvalue weighted by molar-refractivity contribution is -0.151. The molecule has 5 heteroatoms. The first-order valence-electron chi connectivity index (χ1n) is 8.18. The Labute approximate surface area is 132 Å². The summed E-state index contributed by atoms with van der Waals surface area (Å²) >= 11 is 2.03. The van der Waals surface area contributed by atoms with Crippen molar-refractivity contribution in [1.82, 2.24) is 4.90 Å². The second kappa shape index (κ2) is 7.34. The number of ether oxygens (including phenoxy) is 1. The third-order valence-corrected chi connectivity index (χ3v) is 5.78. The molecule has 0 aromatic carbocycles. The maximum absolute atomic E-state index is 11.8. The van der Waals surface area contributed by atoms with Gasteiger partial charge in [0.15, 0.2) is 0 Å². The predicted octanol–water partition coefficient (Wildman–Crippen LogP) is 2.30. The van der Waals surface area contributed by atoms with Gasteiger partial charge in [-0.15, -0.1) is 0 Å². The zero-order chi connectivity index (χ0) is 15.5. The molecule has 0 amide bonds. The standard InChI is InChI=1S/C16H29NO3S/c1-4-20-15(18)14-5-7-16(19,8-6-14)11-17-9-12(2)21-13(3)10-17/h12-14,19H,4-11H2,1-3H3. The van der Waals surface area contributed by atoms with Gasteiger partial charge in [0.25, 0.3) is 0 Å². The van der Waals surface area contributed by atoms with Crippen LogP contribution in [0.3, 0.4) is 0 Å². The van der Waals surface area contributed by atoms with E-state index in [-0.39, 0.29) is 11.9 Å². The molecule has 2 rings (SSSR count). The van der Waals surface area contributed by atoms with Crippen LogP contribution in [0.25, 0.3) is 0 Å². The fourth-order valence-electron chi connectivity index (χ4n) is 3.64. The van der Waals surface area contributed by atoms with Crippen LogP contribution in [0.2, 0.25) is 0 Å². The van der Waals surface area contributed by atoms with Crippen molar-refractivity contribution >= 4 is 17.7 Å². The first-order chi connectivity index (χ1) is 9.92. The highest BCUT2D eigenvalue weighted by Gasteiger charge is 2.38. The van der Waals surface area contributed by atoms with Crippen molar-refractivity contribution in [2.45, 2.75) is 62.6 Å². The molecule has 2 unspecified atom stereocenters. The minimum absolute atomic E-state index is 0.0139. The van der Waals surface area contributed by atoms with E-state index < -0.39 is 5.60 Å². The Morgan fingerprint density at radius 3 is 2.38 bits per heavy atom. The molecule has 21 heavy (non-hydrogen) atoms. The van der Waals surface area contributed by atoms with Gasteiger partial charge in [-0.25, -0.2) is 0 Å². The average molecular weight is 315 g/mol. The van der Waals surface area contributed by atoms with Crippen molar-refractivity contribution in [3.8, 4) is 0 Å². The number of thioether (sulfide) groups is 1. The van der Waals surface area contributed by atoms with Crippen LogP contribution >= 0.6 is 11.8 Å². The Hall–Kier alpha value is -0.260. The van der Waals surface area contributed by atoms with Crippen molar-refractivity contribution in [2.75, 3.05) is 26.2 Å². The summed E-state index contributed by atoms with van der Waals surface area (Å²) in [6.45, 7) is 9.66. The van der Waals surface area contributed by atoms with E-state index in [1.54, 1.807) is 0 Å². The van der Waals surface area contributed by atoms with Gasteiger partial charge < -0.3 is 9.84 Å². The molecule has 122 valence electrons. The van der Waals surface area contributed by atoms with Gasteiger partial charge in [0, 0.05) is 30.1 Å². The number of β-amino-alcohol motifs (C(OH)–C–C–N with tert-alkyl or cyclic N) is 1. The summed E-state index contributed by atoms with van der Waals surface area (Å²) in [5, 5.41) is 12.1. The SMILES string of the molecule is CCOC(=O)C1CCC(O)(CN2CC(C)SC(C)C2)CC1. The van der Waals surface area contributed by atoms with Gasteiger partial charge in [0.2, 0.25) is 0 Å². The molecule has 0 bridgehead atoms. The third-order valence-electron chi connectivity index (χ3n) is 4.55. The van der Waals surface area contributed by atoms with Crippen LogP contribution in [0.1, 0.15) is 46.5 Å². The minimum Gasteiger partial charge on any atom is -0.466 e. The number of aliphatic hydroxyl groups is 1. The molecule has 2 fully saturated rings. The molecule has 1 saturated heterocycles. The molecule has 2 atom stereocenters. The Bertz CT molecular complexity index is 345. The Morgan fingerprint density at radius 1 is 1.29 bits per heavy atom. The Morgan fingerprint density at radius 2 is 1.86 bits per heavy atom. The highest BCUT2D eigenvalue weighted by atomic mass is 32.2. The van der Waals surface area contributed by atoms with E-state index in [0.717, 1.165) is 32.5 Å². The lowest BCUT2D eigenvalue weighted by atomic mass is 9.78. The smallest absolute Gasteiger partial charge is 0.308 e. The molecule has 0 aromatic rings. The summed E-state index contributed by atoms with van der Waals surface area (Å²) in [6.07, 6.45) is 2.93. The Kier molecular flexibility index (Phi) is 5.97. The molecular formula is C16H29NO3S. The quantitative estimate of drug-likeness (QED) is 0.807. The van der Waals surface area contributed by atoms with Gasteiger partial charge in [-0.3, -0.25) is 9.69 Å². The summed E-state index contributed by atoms with van der Waals surface area (Å²) in [7, 11) is 0. The average Bonchev–Trinajstić information content (AvgIpc) is 2.38. The molecular weight excluding hydrogens is 286 g/mol. The van der Waals surface area contributed by atoms with Crippen LogP contribution in [0.5, 0.6) is 0 Å². The number of carbonyl (C=O) groups excluding carboxylic acids is 1. The predicted molar refractivity (Wildman–Crippen MR) is 86.5 cm³/mol. The Balaban J connectivity index is 1.83. The normalized spacial score (nSPS) is 38.2. The van der Waals surface area contributed by atoms with E-state index in [2.05, 4.69) is 18.7 Å². The second-order valence-corrected chi connectivity index (χ2v) is 8.58. The molecule has 1 heterocycles. The molecule has 1 aliphatic carbocycles. The molecule has 1 saturated carbocycles. The van der Waals surface area contributed by atoms with Gasteiger partial charge in [0.1, 0.15) is 0 Å². The summed E-state index contributed by atoms with van der Waals surface area (Å²) in [5.41, 5.74) is -0.621. The van der Waals surface area contributed by atoms with Crippen molar-refractivity contribution in [1.29, 1.82) is 0 Å². The zero-order valence-electron chi connectivity index (χ0n) is 13.5. The van der Waals surface area contributed by atoms with Crippen molar-refractivity contribution in [3.05, 3.63) is 0 Å². The van der Waals surface area contributed by atoms with E-state index >= 15 is 0 Å². The first kappa shape index (κ1) is 17.1. The van der Waals surface area contributed by atoms with Crippen LogP contribution in [0.4, 0.5) is 0 Å². The van der Waals surface area contributed by atoms with Crippen LogP contribution in [-0.2, 0) is 9.53 Å². The van der Waals surface area contributed by atoms with Crippen molar-refractivity contribution in [2.24, 2.45) is 5.92 Å². The molecule has 0 radical (unpaired) electrons. The topological polar surface area (TPSA) is 49.8 Å². The van der Waals surface area contributed by atoms with Gasteiger partial charge >= 0.3 is 5.97 Å². The first-order valence-corrected chi connectivity index (χ1v) is 9.13. The molecule has 0 aromatic heterocycles. The van der Waals surface area contributed by atoms with Crippen LogP contribution < -0.4 is 0 Å². The third kappa shape index (κ3) is 4.86. The summed E-state index contributed by atoms with van der Waals surface area (Å²) < 4.78 is 5.09. The van der Waals surface area contributed by atoms with E-state index in [0.29, 0.717) is 29.9 Å². The van der Waals surface area contributed by atoms with E-state index in [9.17, 15) is 9.90 Å². The lowest BCUT2D eigenvalue weighted by Crippen LogP contribution is -2.51. The largest absolute Gasteiger partial charge is 0.466 e. The fourth-order valence-corrected chi connectivity index (χ4v) is 5.03. The number of hydrogen-bond acceptors (Lipinski definition) is 5. The monoisotopic (exact) mass is 315 g/mol. The summed E-state index contributed by atoms with van der Waals surface area (Å²) in [6, 6.07) is 0. The maximum Gasteiger partial charge on any atom is 0.308 e. The van der Waals surface area contributed by atoms with Crippen molar-refractivity contribution in [3.63, 3.8) is 0 Å². The van der Waals surface area contributed by atoms with Gasteiger partial charge in [-0.2, -0.15) is 11.8 Å². The van der Waals surface area contributed by atoms with Gasteiger partial charge in [0.05, 0.1) is 18.1 Å². The molecule has 1 aliphatic heterocycles. The summed E-state index contributed by atoms with van der Waals surface area (Å²) in [5.74, 6) is -0.101. The maximum atomic E-state index is 11.8. The summed E-state index contributed by atoms with van der Waals surface area (Å²) in [4.78, 5) is 14.2. The molecule has 1 N–H and O–H groups in total. The van der Waals surface area contributed by atoms with Crippen LogP contribution in [-0.4, -0.2) is 58.3 Å². The number of rotatable bonds is 4. The minimum atomic E-state index is -0.621. The molecule has 2 aliphatic rings. The van der Waals surface area contributed by atoms with E-state index in [4.69, 9.17) is 4.74 Å². The highest BCUT2D eigenvalue weighted by Crippen LogP contribution is 2.35. The number of nitrogens with zero attached hydrogens (tertiary/aromatic N) is 1. The molecule has 0 spiro atoms. The fraction of sp³-hybridized carbons (Fsp3) is 0.938. The highest BCUT2D eigenvalue weighted by molar-refractivity contribution is 8.00. The van der Waals surface area contributed by atoms with E-state index in [1.807, 2.05) is 18.7 Å². The number of hydrogen-bond donors (Lipinski definition) is 1. The van der Waals surface area contributed by atoms with Crippen molar-refractivity contribution < 1.29 is 14.6 Å².